The van der Waals surface area contributed by atoms with E-state index in [-0.39, 0.29) is 6.03 Å². The van der Waals surface area contributed by atoms with Crippen LogP contribution in [0.3, 0.4) is 0 Å². The Kier molecular flexibility index (Phi) is 4.18. The molecule has 0 atom stereocenters. The number of amides is 2. The van der Waals surface area contributed by atoms with Gasteiger partial charge in [0.25, 0.3) is 0 Å². The molecule has 2 heterocycles. The third kappa shape index (κ3) is 3.50. The molecule has 0 unspecified atom stereocenters. The van der Waals surface area contributed by atoms with E-state index in [1.54, 1.807) is 36.5 Å². The summed E-state index contributed by atoms with van der Waals surface area (Å²) in [4.78, 5) is 16.2. The second kappa shape index (κ2) is 6.25. The minimum Gasteiger partial charge on any atom is -0.332 e. The molecule has 22 heavy (non-hydrogen) atoms. The predicted octanol–water partition coefficient (Wildman–Crippen LogP) is 3.96. The summed E-state index contributed by atoms with van der Waals surface area (Å²) in [5.74, 6) is 0. The van der Waals surface area contributed by atoms with Gasteiger partial charge in [0.15, 0.2) is 0 Å². The lowest BCUT2D eigenvalue weighted by molar-refractivity contribution is 0.251. The topological polar surface area (TPSA) is 58.4 Å². The van der Waals surface area contributed by atoms with Gasteiger partial charge < -0.3 is 15.0 Å². The van der Waals surface area contributed by atoms with Crippen molar-refractivity contribution in [3.63, 3.8) is 0 Å². The van der Waals surface area contributed by atoms with Crippen molar-refractivity contribution >= 4 is 40.6 Å². The summed E-state index contributed by atoms with van der Waals surface area (Å²) in [6, 6.07) is 10.2. The van der Waals surface area contributed by atoms with Crippen LogP contribution in [0, 0.1) is 0 Å². The van der Waals surface area contributed by atoms with Crippen LogP contribution in [0.15, 0.2) is 48.8 Å². The number of carbonyl (C=O) groups excluding carboxylic acids is 1. The SMILES string of the molecule is O=C(NCc1cn2cc(Cl)ccc2n1)Nc1ccc(Cl)cc1. The summed E-state index contributed by atoms with van der Waals surface area (Å²) < 4.78 is 1.82. The van der Waals surface area contributed by atoms with E-state index in [0.717, 1.165) is 11.3 Å². The first kappa shape index (κ1) is 14.7. The van der Waals surface area contributed by atoms with Gasteiger partial charge in [-0.1, -0.05) is 23.2 Å². The molecule has 0 radical (unpaired) electrons. The fraction of sp³-hybridized carbons (Fsp3) is 0.0667. The normalized spacial score (nSPS) is 10.6. The Morgan fingerprint density at radius 3 is 2.55 bits per heavy atom. The number of imidazole rings is 1. The molecule has 0 spiro atoms. The fourth-order valence-corrected chi connectivity index (χ4v) is 2.28. The smallest absolute Gasteiger partial charge is 0.319 e. The van der Waals surface area contributed by atoms with Gasteiger partial charge in [-0.25, -0.2) is 9.78 Å². The third-order valence-corrected chi connectivity index (χ3v) is 3.47. The minimum atomic E-state index is -0.308. The summed E-state index contributed by atoms with van der Waals surface area (Å²) in [7, 11) is 0. The van der Waals surface area contributed by atoms with E-state index < -0.39 is 0 Å². The number of urea groups is 1. The van der Waals surface area contributed by atoms with Crippen molar-refractivity contribution in [2.24, 2.45) is 0 Å². The number of nitrogens with zero attached hydrogens (tertiary/aromatic N) is 2. The Hall–Kier alpha value is -2.24. The highest BCUT2D eigenvalue weighted by Crippen LogP contribution is 2.13. The number of aromatic nitrogens is 2. The van der Waals surface area contributed by atoms with Gasteiger partial charge in [-0.15, -0.1) is 0 Å². The average Bonchev–Trinajstić information content (AvgIpc) is 2.89. The lowest BCUT2D eigenvalue weighted by Crippen LogP contribution is -2.28. The standard InChI is InChI=1S/C15H12Cl2N4O/c16-10-1-4-12(5-2-10)20-15(22)18-7-13-9-21-8-11(17)3-6-14(21)19-13/h1-6,8-9H,7H2,(H2,18,20,22). The number of hydrogen-bond donors (Lipinski definition) is 2. The van der Waals surface area contributed by atoms with Crippen molar-refractivity contribution < 1.29 is 4.79 Å². The molecule has 112 valence electrons. The van der Waals surface area contributed by atoms with Gasteiger partial charge in [-0.2, -0.15) is 0 Å². The van der Waals surface area contributed by atoms with Gasteiger partial charge in [-0.3, -0.25) is 0 Å². The molecule has 0 fully saturated rings. The molecule has 1 aromatic carbocycles. The van der Waals surface area contributed by atoms with E-state index in [4.69, 9.17) is 23.2 Å². The van der Waals surface area contributed by atoms with Crippen molar-refractivity contribution in [3.8, 4) is 0 Å². The van der Waals surface area contributed by atoms with Gasteiger partial charge >= 0.3 is 6.03 Å². The fourth-order valence-electron chi connectivity index (χ4n) is 1.98. The minimum absolute atomic E-state index is 0.308. The number of rotatable bonds is 3. The zero-order valence-electron chi connectivity index (χ0n) is 11.4. The molecule has 3 aromatic rings. The van der Waals surface area contributed by atoms with Crippen LogP contribution in [0.4, 0.5) is 10.5 Å². The molecule has 0 aliphatic heterocycles. The Balaban J connectivity index is 1.61. The highest BCUT2D eigenvalue weighted by Gasteiger charge is 2.05. The highest BCUT2D eigenvalue weighted by atomic mass is 35.5. The lowest BCUT2D eigenvalue weighted by Gasteiger charge is -2.06. The first-order valence-corrected chi connectivity index (χ1v) is 7.29. The Labute approximate surface area is 136 Å². The van der Waals surface area contributed by atoms with Gasteiger partial charge in [0, 0.05) is 23.1 Å². The molecule has 0 saturated carbocycles. The molecular formula is C15H12Cl2N4O. The summed E-state index contributed by atoms with van der Waals surface area (Å²) in [6.07, 6.45) is 3.59. The molecule has 7 heteroatoms. The molecule has 0 aliphatic carbocycles. The zero-order chi connectivity index (χ0) is 15.5. The predicted molar refractivity (Wildman–Crippen MR) is 87.5 cm³/mol. The monoisotopic (exact) mass is 334 g/mol. The first-order valence-electron chi connectivity index (χ1n) is 6.54. The van der Waals surface area contributed by atoms with Crippen LogP contribution < -0.4 is 10.6 Å². The van der Waals surface area contributed by atoms with Crippen molar-refractivity contribution in [2.45, 2.75) is 6.54 Å². The maximum atomic E-state index is 11.8. The summed E-state index contributed by atoms with van der Waals surface area (Å²) in [5, 5.41) is 6.71. The highest BCUT2D eigenvalue weighted by molar-refractivity contribution is 6.30. The van der Waals surface area contributed by atoms with Gasteiger partial charge in [0.2, 0.25) is 0 Å². The molecule has 0 aliphatic rings. The van der Waals surface area contributed by atoms with E-state index in [9.17, 15) is 4.79 Å². The first-order chi connectivity index (χ1) is 10.6. The van der Waals surface area contributed by atoms with Crippen molar-refractivity contribution in [2.75, 3.05) is 5.32 Å². The second-order valence-corrected chi connectivity index (χ2v) is 5.53. The van der Waals surface area contributed by atoms with Gasteiger partial charge in [-0.05, 0) is 36.4 Å². The quantitative estimate of drug-likeness (QED) is 0.761. The van der Waals surface area contributed by atoms with Crippen LogP contribution in [0.25, 0.3) is 5.65 Å². The van der Waals surface area contributed by atoms with E-state index in [1.807, 2.05) is 16.7 Å². The van der Waals surface area contributed by atoms with Crippen molar-refractivity contribution in [1.29, 1.82) is 0 Å². The molecule has 2 amide bonds. The number of fused-ring (bicyclic) bond motifs is 1. The van der Waals surface area contributed by atoms with Gasteiger partial charge in [0.05, 0.1) is 17.3 Å². The molecule has 2 aromatic heterocycles. The van der Waals surface area contributed by atoms with Crippen molar-refractivity contribution in [1.82, 2.24) is 14.7 Å². The molecule has 5 nitrogen and oxygen atoms in total. The number of benzene rings is 1. The van der Waals surface area contributed by atoms with Crippen LogP contribution in [-0.2, 0) is 6.54 Å². The Bertz CT molecular complexity index is 814. The molecular weight excluding hydrogens is 323 g/mol. The van der Waals surface area contributed by atoms with Crippen LogP contribution >= 0.6 is 23.2 Å². The van der Waals surface area contributed by atoms with Crippen molar-refractivity contribution in [3.05, 3.63) is 64.5 Å². The van der Waals surface area contributed by atoms with Crippen LogP contribution in [0.5, 0.6) is 0 Å². The Morgan fingerprint density at radius 2 is 1.77 bits per heavy atom. The number of nitrogens with one attached hydrogen (secondary N) is 2. The molecule has 2 N–H and O–H groups in total. The lowest BCUT2D eigenvalue weighted by atomic mass is 10.3. The van der Waals surface area contributed by atoms with E-state index in [1.165, 1.54) is 0 Å². The molecule has 3 rings (SSSR count). The van der Waals surface area contributed by atoms with E-state index in [2.05, 4.69) is 15.6 Å². The summed E-state index contributed by atoms with van der Waals surface area (Å²) >= 11 is 11.7. The number of anilines is 1. The average molecular weight is 335 g/mol. The van der Waals surface area contributed by atoms with Crippen LogP contribution in [0.2, 0.25) is 10.0 Å². The maximum absolute atomic E-state index is 11.8. The molecule has 0 saturated heterocycles. The third-order valence-electron chi connectivity index (χ3n) is 3.00. The number of halogens is 2. The Morgan fingerprint density at radius 1 is 1.05 bits per heavy atom. The maximum Gasteiger partial charge on any atom is 0.319 e. The van der Waals surface area contributed by atoms with Gasteiger partial charge in [0.1, 0.15) is 5.65 Å². The molecule has 0 bridgehead atoms. The van der Waals surface area contributed by atoms with E-state index in [0.29, 0.717) is 22.3 Å². The number of carbonyl (C=O) groups is 1. The zero-order valence-corrected chi connectivity index (χ0v) is 12.9. The van der Waals surface area contributed by atoms with E-state index >= 15 is 0 Å². The second-order valence-electron chi connectivity index (χ2n) is 4.66. The van der Waals surface area contributed by atoms with Crippen LogP contribution in [0.1, 0.15) is 5.69 Å². The van der Waals surface area contributed by atoms with Crippen LogP contribution in [-0.4, -0.2) is 15.4 Å². The number of pyridine rings is 1. The summed E-state index contributed by atoms with van der Waals surface area (Å²) in [6.45, 7) is 0.318. The largest absolute Gasteiger partial charge is 0.332 e. The number of hydrogen-bond acceptors (Lipinski definition) is 2. The summed E-state index contributed by atoms with van der Waals surface area (Å²) in [5.41, 5.74) is 2.19.